The minimum Gasteiger partial charge on any atom is -0.408 e. The maximum Gasteiger partial charge on any atom is 0.417 e. The summed E-state index contributed by atoms with van der Waals surface area (Å²) < 4.78 is 6.74. The maximum absolute atomic E-state index is 12.3. The highest BCUT2D eigenvalue weighted by Gasteiger charge is 2.09. The fraction of sp³-hybridized carbons (Fsp3) is 0. The van der Waals surface area contributed by atoms with Gasteiger partial charge < -0.3 is 14.1 Å². The van der Waals surface area contributed by atoms with Gasteiger partial charge in [0.25, 0.3) is 5.91 Å². The number of anilines is 1. The summed E-state index contributed by atoms with van der Waals surface area (Å²) in [7, 11) is 0. The number of rotatable bonds is 2. The smallest absolute Gasteiger partial charge is 0.408 e. The van der Waals surface area contributed by atoms with E-state index in [0.717, 1.165) is 5.52 Å². The Hall–Kier alpha value is -3.35. The summed E-state index contributed by atoms with van der Waals surface area (Å²) in [6, 6.07) is 8.41. The van der Waals surface area contributed by atoms with Gasteiger partial charge in [0.15, 0.2) is 5.58 Å². The Morgan fingerprint density at radius 3 is 3.09 bits per heavy atom. The number of aromatic nitrogens is 3. The lowest BCUT2D eigenvalue weighted by atomic mass is 10.2. The number of nitrogens with zero attached hydrogens (tertiary/aromatic N) is 2. The van der Waals surface area contributed by atoms with Crippen LogP contribution in [-0.2, 0) is 0 Å². The zero-order valence-electron chi connectivity index (χ0n) is 11.2. The summed E-state index contributed by atoms with van der Waals surface area (Å²) in [5.41, 5.74) is 2.91. The fourth-order valence-corrected chi connectivity index (χ4v) is 2.29. The molecule has 108 valence electrons. The molecule has 22 heavy (non-hydrogen) atoms. The number of nitrogens with one attached hydrogen (secondary N) is 2. The standard InChI is InChI=1S/C15H10N4O3/c20-14(9-3-4-19-8-16-7-11(19)5-9)17-10-1-2-13-12(6-10)18-15(21)22-13/h1-8H,(H,17,20)(H,18,21). The van der Waals surface area contributed by atoms with Crippen molar-refractivity contribution in [2.45, 2.75) is 0 Å². The molecule has 1 amide bonds. The second-order valence-corrected chi connectivity index (χ2v) is 4.82. The number of oxazole rings is 1. The van der Waals surface area contributed by atoms with Crippen molar-refractivity contribution < 1.29 is 9.21 Å². The zero-order chi connectivity index (χ0) is 15.1. The number of aromatic amines is 1. The number of imidazole rings is 1. The zero-order valence-corrected chi connectivity index (χ0v) is 11.2. The van der Waals surface area contributed by atoms with Gasteiger partial charge in [-0.1, -0.05) is 0 Å². The van der Waals surface area contributed by atoms with Crippen LogP contribution in [0.4, 0.5) is 5.69 Å². The van der Waals surface area contributed by atoms with Crippen LogP contribution in [0.2, 0.25) is 0 Å². The number of benzene rings is 1. The average molecular weight is 294 g/mol. The summed E-state index contributed by atoms with van der Waals surface area (Å²) in [5, 5.41) is 2.78. The molecule has 0 spiro atoms. The molecule has 0 saturated heterocycles. The lowest BCUT2D eigenvalue weighted by Gasteiger charge is -2.05. The van der Waals surface area contributed by atoms with Crippen molar-refractivity contribution in [3.05, 3.63) is 65.2 Å². The Bertz CT molecular complexity index is 1060. The van der Waals surface area contributed by atoms with Crippen LogP contribution in [0, 0.1) is 0 Å². The minimum absolute atomic E-state index is 0.242. The van der Waals surface area contributed by atoms with Crippen LogP contribution >= 0.6 is 0 Å². The molecule has 3 aromatic heterocycles. The van der Waals surface area contributed by atoms with Crippen LogP contribution in [0.1, 0.15) is 10.4 Å². The topological polar surface area (TPSA) is 92.4 Å². The van der Waals surface area contributed by atoms with Gasteiger partial charge in [-0.3, -0.25) is 9.78 Å². The molecular weight excluding hydrogens is 284 g/mol. The van der Waals surface area contributed by atoms with Gasteiger partial charge in [0.1, 0.15) is 0 Å². The quantitative estimate of drug-likeness (QED) is 0.591. The van der Waals surface area contributed by atoms with E-state index in [9.17, 15) is 9.59 Å². The molecule has 7 heteroatoms. The van der Waals surface area contributed by atoms with Crippen molar-refractivity contribution in [1.29, 1.82) is 0 Å². The van der Waals surface area contributed by atoms with E-state index in [1.54, 1.807) is 49.1 Å². The second kappa shape index (κ2) is 4.59. The summed E-state index contributed by atoms with van der Waals surface area (Å²) >= 11 is 0. The highest BCUT2D eigenvalue weighted by Crippen LogP contribution is 2.17. The predicted octanol–water partition coefficient (Wildman–Crippen LogP) is 2.02. The Morgan fingerprint density at radius 1 is 1.27 bits per heavy atom. The van der Waals surface area contributed by atoms with E-state index in [2.05, 4.69) is 15.3 Å². The second-order valence-electron chi connectivity index (χ2n) is 4.82. The SMILES string of the molecule is O=C(Nc1ccc2oc(=O)[nH]c2c1)c1ccn2cncc2c1. The third-order valence-electron chi connectivity index (χ3n) is 3.35. The van der Waals surface area contributed by atoms with E-state index in [-0.39, 0.29) is 5.91 Å². The van der Waals surface area contributed by atoms with E-state index in [1.165, 1.54) is 0 Å². The largest absolute Gasteiger partial charge is 0.417 e. The van der Waals surface area contributed by atoms with E-state index < -0.39 is 5.76 Å². The van der Waals surface area contributed by atoms with Gasteiger partial charge in [-0.05, 0) is 30.3 Å². The van der Waals surface area contributed by atoms with Crippen molar-refractivity contribution >= 4 is 28.2 Å². The molecule has 4 aromatic rings. The lowest BCUT2D eigenvalue weighted by molar-refractivity contribution is 0.102. The Balaban J connectivity index is 1.65. The fourth-order valence-electron chi connectivity index (χ4n) is 2.29. The molecule has 0 aliphatic rings. The number of hydrogen-bond acceptors (Lipinski definition) is 4. The first-order valence-electron chi connectivity index (χ1n) is 6.55. The number of hydrogen-bond donors (Lipinski definition) is 2. The first-order chi connectivity index (χ1) is 10.7. The van der Waals surface area contributed by atoms with Crippen LogP contribution in [-0.4, -0.2) is 20.3 Å². The van der Waals surface area contributed by atoms with E-state index in [4.69, 9.17) is 4.42 Å². The Kier molecular flexibility index (Phi) is 2.59. The van der Waals surface area contributed by atoms with Gasteiger partial charge in [-0.15, -0.1) is 0 Å². The lowest BCUT2D eigenvalue weighted by Crippen LogP contribution is -2.12. The van der Waals surface area contributed by atoms with E-state index >= 15 is 0 Å². The first kappa shape index (κ1) is 12.4. The summed E-state index contributed by atoms with van der Waals surface area (Å²) in [5.74, 6) is -0.765. The van der Waals surface area contributed by atoms with Crippen molar-refractivity contribution in [3.8, 4) is 0 Å². The molecule has 7 nitrogen and oxygen atoms in total. The number of amides is 1. The molecule has 0 bridgehead atoms. The van der Waals surface area contributed by atoms with Crippen LogP contribution in [0.3, 0.4) is 0 Å². The average Bonchev–Trinajstić information content (AvgIpc) is 3.10. The minimum atomic E-state index is -0.523. The van der Waals surface area contributed by atoms with Crippen molar-refractivity contribution in [2.75, 3.05) is 5.32 Å². The Morgan fingerprint density at radius 2 is 2.18 bits per heavy atom. The maximum atomic E-state index is 12.3. The number of carbonyl (C=O) groups excluding carboxylic acids is 1. The molecule has 0 atom stereocenters. The predicted molar refractivity (Wildman–Crippen MR) is 80.0 cm³/mol. The van der Waals surface area contributed by atoms with Crippen LogP contribution in [0.5, 0.6) is 0 Å². The molecule has 0 saturated carbocycles. The first-order valence-corrected chi connectivity index (χ1v) is 6.55. The number of H-pyrrole nitrogens is 1. The number of carbonyl (C=O) groups is 1. The molecule has 0 aliphatic heterocycles. The van der Waals surface area contributed by atoms with Gasteiger partial charge in [0, 0.05) is 17.4 Å². The molecule has 0 fully saturated rings. The third kappa shape index (κ3) is 2.05. The monoisotopic (exact) mass is 294 g/mol. The van der Waals surface area contributed by atoms with Crippen molar-refractivity contribution in [2.24, 2.45) is 0 Å². The number of fused-ring (bicyclic) bond motifs is 2. The molecule has 0 aliphatic carbocycles. The van der Waals surface area contributed by atoms with E-state index in [0.29, 0.717) is 22.4 Å². The summed E-state index contributed by atoms with van der Waals surface area (Å²) in [4.78, 5) is 30.0. The van der Waals surface area contributed by atoms with Crippen LogP contribution in [0.25, 0.3) is 16.6 Å². The Labute approximate surface area is 123 Å². The molecule has 3 heterocycles. The molecule has 4 rings (SSSR count). The van der Waals surface area contributed by atoms with Crippen molar-refractivity contribution in [3.63, 3.8) is 0 Å². The van der Waals surface area contributed by atoms with Crippen LogP contribution in [0.15, 0.2) is 58.3 Å². The van der Waals surface area contributed by atoms with Gasteiger partial charge in [0.05, 0.1) is 23.6 Å². The van der Waals surface area contributed by atoms with Crippen molar-refractivity contribution in [1.82, 2.24) is 14.4 Å². The summed E-state index contributed by atoms with van der Waals surface area (Å²) in [6.45, 7) is 0. The highest BCUT2D eigenvalue weighted by atomic mass is 16.4. The molecule has 0 unspecified atom stereocenters. The third-order valence-corrected chi connectivity index (χ3v) is 3.35. The van der Waals surface area contributed by atoms with Gasteiger partial charge in [0.2, 0.25) is 0 Å². The molecule has 2 N–H and O–H groups in total. The summed E-state index contributed by atoms with van der Waals surface area (Å²) in [6.07, 6.45) is 5.12. The van der Waals surface area contributed by atoms with E-state index in [1.807, 2.05) is 4.40 Å². The van der Waals surface area contributed by atoms with Gasteiger partial charge >= 0.3 is 5.76 Å². The van der Waals surface area contributed by atoms with Gasteiger partial charge in [-0.2, -0.15) is 0 Å². The normalized spacial score (nSPS) is 11.1. The highest BCUT2D eigenvalue weighted by molar-refractivity contribution is 6.05. The molecule has 1 aromatic carbocycles. The molecular formula is C15H10N4O3. The number of pyridine rings is 1. The van der Waals surface area contributed by atoms with Gasteiger partial charge in [-0.25, -0.2) is 9.78 Å². The van der Waals surface area contributed by atoms with Crippen LogP contribution < -0.4 is 11.1 Å². The molecule has 0 radical (unpaired) electrons.